The number of aliphatic carboxylic acids is 9. The van der Waals surface area contributed by atoms with Crippen molar-refractivity contribution in [2.75, 3.05) is 0 Å². The van der Waals surface area contributed by atoms with Crippen LogP contribution in [0, 0.1) is 0 Å². The number of rotatable bonds is 15. The third-order valence-corrected chi connectivity index (χ3v) is 3.86. The van der Waals surface area contributed by atoms with Gasteiger partial charge in [0.2, 0.25) is 0 Å². The van der Waals surface area contributed by atoms with Crippen molar-refractivity contribution in [2.24, 2.45) is 0 Å². The van der Waals surface area contributed by atoms with Crippen molar-refractivity contribution in [1.29, 1.82) is 0 Å². The Balaban J connectivity index is -0.000000240. The minimum atomic E-state index is -2.74. The molecule has 12 N–H and O–H groups in total. The van der Waals surface area contributed by atoms with Gasteiger partial charge in [-0.1, -0.05) is 0 Å². The SMILES string of the molecule is O=C(O)CC(O)(CC(=O)O)C(=O)O.O=C(O)CC(O)(CC(=O)O)C(=O)O.O=C(O)CC(O)(CC(=O)O)C(=O)O.[PbH2]. The summed E-state index contributed by atoms with van der Waals surface area (Å²) in [7, 11) is 0. The molecule has 0 aromatic rings. The summed E-state index contributed by atoms with van der Waals surface area (Å²) >= 11 is 0. The van der Waals surface area contributed by atoms with Crippen LogP contribution in [0.2, 0.25) is 0 Å². The van der Waals surface area contributed by atoms with Gasteiger partial charge in [-0.05, 0) is 0 Å². The van der Waals surface area contributed by atoms with Crippen LogP contribution >= 0.6 is 0 Å². The van der Waals surface area contributed by atoms with Gasteiger partial charge in [-0.2, -0.15) is 0 Å². The first-order valence-corrected chi connectivity index (χ1v) is 9.51. The molecule has 0 amide bonds. The monoisotopic (exact) mass is 786 g/mol. The average Bonchev–Trinajstić information content (AvgIpc) is 2.64. The molecule has 0 spiro atoms. The van der Waals surface area contributed by atoms with Crippen molar-refractivity contribution in [3.05, 3.63) is 0 Å². The predicted molar refractivity (Wildman–Crippen MR) is 120 cm³/mol. The van der Waals surface area contributed by atoms with E-state index in [0.717, 1.165) is 0 Å². The minimum absolute atomic E-state index is 0. The molecular formula is C18H26O21Pb. The summed E-state index contributed by atoms with van der Waals surface area (Å²) in [4.78, 5) is 91.5. The number of carboxylic acids is 9. The molecule has 21 nitrogen and oxygen atoms in total. The fraction of sp³-hybridized carbons (Fsp3) is 0.500. The maximum absolute atomic E-state index is 10.3. The van der Waals surface area contributed by atoms with Gasteiger partial charge in [0, 0.05) is 0 Å². The summed E-state index contributed by atoms with van der Waals surface area (Å²) < 4.78 is 0. The molecule has 0 fully saturated rings. The molecule has 0 unspecified atom stereocenters. The summed E-state index contributed by atoms with van der Waals surface area (Å²) in [6.45, 7) is 0. The molecule has 228 valence electrons. The molecule has 0 aliphatic carbocycles. The molecule has 0 aliphatic rings. The number of hydrogen-bond donors (Lipinski definition) is 12. The van der Waals surface area contributed by atoms with E-state index in [-0.39, 0.29) is 27.3 Å². The van der Waals surface area contributed by atoms with E-state index in [0.29, 0.717) is 0 Å². The fourth-order valence-corrected chi connectivity index (χ4v) is 2.14. The van der Waals surface area contributed by atoms with Crippen LogP contribution in [0.15, 0.2) is 0 Å². The van der Waals surface area contributed by atoms with Crippen LogP contribution in [0.3, 0.4) is 0 Å². The van der Waals surface area contributed by atoms with Crippen molar-refractivity contribution in [3.63, 3.8) is 0 Å². The Morgan fingerprint density at radius 2 is 0.425 bits per heavy atom. The van der Waals surface area contributed by atoms with Crippen LogP contribution < -0.4 is 0 Å². The second kappa shape index (κ2) is 18.3. The van der Waals surface area contributed by atoms with Crippen LogP contribution in [-0.4, -0.2) is 159 Å². The molecule has 0 atom stereocenters. The van der Waals surface area contributed by atoms with Crippen LogP contribution in [0.1, 0.15) is 38.5 Å². The first kappa shape index (κ1) is 43.1. The zero-order valence-corrected chi connectivity index (χ0v) is 25.5. The Morgan fingerprint density at radius 3 is 0.475 bits per heavy atom. The number of carboxylic acid groups (broad SMARTS) is 9. The molecule has 0 bridgehead atoms. The van der Waals surface area contributed by atoms with E-state index in [2.05, 4.69) is 0 Å². The summed E-state index contributed by atoms with van der Waals surface area (Å²) in [6, 6.07) is 0. The van der Waals surface area contributed by atoms with E-state index < -0.39 is 109 Å². The van der Waals surface area contributed by atoms with Gasteiger partial charge in [0.15, 0.2) is 16.8 Å². The second-order valence-electron chi connectivity index (χ2n) is 7.43. The third kappa shape index (κ3) is 19.2. The Kier molecular flexibility index (Phi) is 19.8. The van der Waals surface area contributed by atoms with Crippen molar-refractivity contribution >= 4 is 81.0 Å². The molecule has 0 rings (SSSR count). The molecule has 0 aromatic carbocycles. The van der Waals surface area contributed by atoms with Gasteiger partial charge < -0.3 is 61.3 Å². The second-order valence-corrected chi connectivity index (χ2v) is 7.43. The van der Waals surface area contributed by atoms with Crippen molar-refractivity contribution in [3.8, 4) is 0 Å². The van der Waals surface area contributed by atoms with Gasteiger partial charge in [0.25, 0.3) is 0 Å². The first-order chi connectivity index (χ1) is 17.3. The molecule has 2 radical (unpaired) electrons. The van der Waals surface area contributed by atoms with Gasteiger partial charge in [-0.25, -0.2) is 14.4 Å². The van der Waals surface area contributed by atoms with Gasteiger partial charge in [0.1, 0.15) is 0 Å². The number of hydrogen-bond acceptors (Lipinski definition) is 12. The number of carbonyl (C=O) groups is 9. The van der Waals surface area contributed by atoms with Crippen molar-refractivity contribution in [2.45, 2.75) is 55.3 Å². The summed E-state index contributed by atoms with van der Waals surface area (Å²) in [6.07, 6.45) is -6.87. The zero-order chi connectivity index (χ0) is 31.9. The van der Waals surface area contributed by atoms with Crippen molar-refractivity contribution < 1.29 is 104 Å². The Hall–Kier alpha value is -3.97. The van der Waals surface area contributed by atoms with E-state index in [4.69, 9.17) is 61.3 Å². The molecule has 40 heavy (non-hydrogen) atoms. The third-order valence-electron chi connectivity index (χ3n) is 3.86. The van der Waals surface area contributed by atoms with E-state index in [9.17, 15) is 43.2 Å². The molecule has 0 heterocycles. The average molecular weight is 786 g/mol. The first-order valence-electron chi connectivity index (χ1n) is 9.51. The zero-order valence-electron chi connectivity index (χ0n) is 20.0. The molecule has 0 saturated carbocycles. The molecule has 22 heteroatoms. The Labute approximate surface area is 240 Å². The predicted octanol–water partition coefficient (Wildman–Crippen LogP) is -4.66. The van der Waals surface area contributed by atoms with Gasteiger partial charge in [0.05, 0.1) is 38.5 Å². The van der Waals surface area contributed by atoms with Crippen LogP contribution in [-0.2, 0) is 43.2 Å². The Bertz CT molecular complexity index is 812. The van der Waals surface area contributed by atoms with Crippen LogP contribution in [0.4, 0.5) is 0 Å². The van der Waals surface area contributed by atoms with Gasteiger partial charge in [-0.3, -0.25) is 28.8 Å². The Morgan fingerprint density at radius 1 is 0.325 bits per heavy atom. The fourth-order valence-electron chi connectivity index (χ4n) is 2.14. The van der Waals surface area contributed by atoms with Gasteiger partial charge in [-0.15, -0.1) is 0 Å². The van der Waals surface area contributed by atoms with Crippen molar-refractivity contribution in [1.82, 2.24) is 0 Å². The molecular weight excluding hydrogens is 759 g/mol. The quantitative estimate of drug-likeness (QED) is 0.0694. The summed E-state index contributed by atoms with van der Waals surface area (Å²) in [5, 5.41) is 101. The topological polar surface area (TPSA) is 396 Å². The maximum atomic E-state index is 10.3. The molecule has 0 aromatic heterocycles. The number of aliphatic hydroxyl groups is 3. The molecule has 0 saturated heterocycles. The van der Waals surface area contributed by atoms with E-state index in [1.165, 1.54) is 0 Å². The standard InChI is InChI=1S/3C6H8O7.Pb.2H/c3*7-3(8)1-6(13,5(11)12)2-4(9)10;;;/h3*13H,1-2H2,(H,7,8)(H,9,10)(H,11,12);;;. The summed E-state index contributed by atoms with van der Waals surface area (Å²) in [5.41, 5.74) is -8.22. The normalized spacial score (nSPS) is 10.6. The van der Waals surface area contributed by atoms with Gasteiger partial charge >= 0.3 is 81.0 Å². The van der Waals surface area contributed by atoms with Crippen LogP contribution in [0.25, 0.3) is 0 Å². The summed E-state index contributed by atoms with van der Waals surface area (Å²) in [5.74, 6) is -15.1. The van der Waals surface area contributed by atoms with E-state index >= 15 is 0 Å². The molecule has 0 aliphatic heterocycles. The van der Waals surface area contributed by atoms with E-state index in [1.807, 2.05) is 0 Å². The van der Waals surface area contributed by atoms with Crippen LogP contribution in [0.5, 0.6) is 0 Å². The van der Waals surface area contributed by atoms with E-state index in [1.54, 1.807) is 0 Å².